The maximum Gasteiger partial charge on any atom is 0.326 e. The average molecular weight is 703 g/mol. The first-order chi connectivity index (χ1) is 22.8. The van der Waals surface area contributed by atoms with Crippen LogP contribution in [0, 0.1) is 0 Å². The van der Waals surface area contributed by atoms with Crippen molar-refractivity contribution in [3.8, 4) is 0 Å². The highest BCUT2D eigenvalue weighted by Gasteiger charge is 2.33. The molecular formula is C26H46N12O11. The number of guanidine groups is 2. The number of hydrogen-bond donors (Lipinski definition) is 13. The molecule has 5 atom stereocenters. The number of carbonyl (C=O) groups is 8. The summed E-state index contributed by atoms with van der Waals surface area (Å²) in [6.45, 7) is 0.128. The molecule has 276 valence electrons. The molecule has 5 amide bonds. The first-order valence-corrected chi connectivity index (χ1v) is 14.9. The molecule has 0 rings (SSSR count). The highest BCUT2D eigenvalue weighted by molar-refractivity contribution is 5.96. The third-order valence-corrected chi connectivity index (χ3v) is 6.47. The van der Waals surface area contributed by atoms with Gasteiger partial charge in [0.15, 0.2) is 11.9 Å². The third-order valence-electron chi connectivity index (χ3n) is 6.47. The van der Waals surface area contributed by atoms with Crippen LogP contribution >= 0.6 is 0 Å². The molecule has 0 aromatic rings. The Morgan fingerprint density at radius 1 is 0.531 bits per heavy atom. The van der Waals surface area contributed by atoms with E-state index >= 15 is 0 Å². The SMILES string of the molecule is NC(=O)CCC(NC(=O)C(CC(=O)O)NC(=O)C(CCCN=C(N)N)NC(=O)C(CCC(=O)O)NC(=O)C(N)CCCN=C(N)N)C(=O)O. The standard InChI is InChI=1S/C26H46N12O11/c27-12(3-1-9-33-25(29)30)20(44)35-14(6-8-18(40)41)22(46)36-13(4-2-10-34-26(31)32)21(45)38-16(11-19(42)43)23(47)37-15(24(48)49)5-7-17(28)39/h12-16H,1-11,27H2,(H2,28,39)(H,35,44)(H,36,46)(H,37,47)(H,38,45)(H,40,41)(H,42,43)(H,48,49)(H4,29,30,33)(H4,31,32,34). The van der Waals surface area contributed by atoms with E-state index in [2.05, 4.69) is 25.9 Å². The van der Waals surface area contributed by atoms with Gasteiger partial charge in [-0.15, -0.1) is 0 Å². The molecule has 5 unspecified atom stereocenters. The van der Waals surface area contributed by atoms with Crippen LogP contribution in [0.2, 0.25) is 0 Å². The minimum absolute atomic E-state index is 0.0327. The van der Waals surface area contributed by atoms with Gasteiger partial charge in [0.25, 0.3) is 0 Å². The minimum Gasteiger partial charge on any atom is -0.481 e. The third kappa shape index (κ3) is 20.2. The quantitative estimate of drug-likeness (QED) is 0.0239. The predicted molar refractivity (Wildman–Crippen MR) is 171 cm³/mol. The Balaban J connectivity index is 6.09. The van der Waals surface area contributed by atoms with E-state index in [1.54, 1.807) is 0 Å². The van der Waals surface area contributed by atoms with Gasteiger partial charge < -0.3 is 71.0 Å². The first-order valence-electron chi connectivity index (χ1n) is 14.9. The number of nitrogens with zero attached hydrogens (tertiary/aromatic N) is 2. The molecule has 19 N–H and O–H groups in total. The number of rotatable bonds is 25. The van der Waals surface area contributed by atoms with E-state index in [1.807, 2.05) is 5.32 Å². The molecule has 0 saturated carbocycles. The number of hydrogen-bond acceptors (Lipinski definition) is 11. The first kappa shape index (κ1) is 43.3. The fraction of sp³-hybridized carbons (Fsp3) is 0.615. The fourth-order valence-electron chi connectivity index (χ4n) is 3.98. The molecule has 0 aliphatic heterocycles. The molecule has 0 bridgehead atoms. The largest absolute Gasteiger partial charge is 0.481 e. The van der Waals surface area contributed by atoms with Crippen LogP contribution in [0.15, 0.2) is 9.98 Å². The van der Waals surface area contributed by atoms with Crippen molar-refractivity contribution in [1.82, 2.24) is 21.3 Å². The van der Waals surface area contributed by atoms with E-state index in [9.17, 15) is 48.6 Å². The van der Waals surface area contributed by atoms with Gasteiger partial charge in [-0.25, -0.2) is 4.79 Å². The lowest BCUT2D eigenvalue weighted by Gasteiger charge is -2.26. The average Bonchev–Trinajstić information content (AvgIpc) is 2.99. The van der Waals surface area contributed by atoms with Gasteiger partial charge in [-0.1, -0.05) is 0 Å². The van der Waals surface area contributed by atoms with E-state index in [-0.39, 0.29) is 44.3 Å². The Kier molecular flexibility index (Phi) is 20.1. The molecule has 0 aliphatic carbocycles. The fourth-order valence-corrected chi connectivity index (χ4v) is 3.98. The number of nitrogens with two attached hydrogens (primary N) is 6. The van der Waals surface area contributed by atoms with Gasteiger partial charge in [-0.2, -0.15) is 0 Å². The maximum atomic E-state index is 13.4. The molecule has 0 heterocycles. The summed E-state index contributed by atoms with van der Waals surface area (Å²) in [5.74, 6) is -9.95. The van der Waals surface area contributed by atoms with Gasteiger partial charge in [0.05, 0.1) is 12.5 Å². The Bertz CT molecular complexity index is 1250. The number of aliphatic imine (C=N–C) groups is 2. The Labute approximate surface area is 280 Å². The topological polar surface area (TPSA) is 426 Å². The van der Waals surface area contributed by atoms with Crippen molar-refractivity contribution in [1.29, 1.82) is 0 Å². The summed E-state index contributed by atoms with van der Waals surface area (Å²) in [7, 11) is 0. The second-order valence-electron chi connectivity index (χ2n) is 10.6. The van der Waals surface area contributed by atoms with Crippen LogP contribution in [-0.2, 0) is 38.4 Å². The van der Waals surface area contributed by atoms with Crippen molar-refractivity contribution in [3.05, 3.63) is 0 Å². The van der Waals surface area contributed by atoms with Crippen LogP contribution in [-0.4, -0.2) is 118 Å². The zero-order chi connectivity index (χ0) is 37.7. The zero-order valence-corrected chi connectivity index (χ0v) is 26.6. The molecule has 0 radical (unpaired) electrons. The van der Waals surface area contributed by atoms with E-state index in [4.69, 9.17) is 39.5 Å². The smallest absolute Gasteiger partial charge is 0.326 e. The Morgan fingerprint density at radius 3 is 1.43 bits per heavy atom. The number of primary amides is 1. The summed E-state index contributed by atoms with van der Waals surface area (Å²) >= 11 is 0. The molecule has 0 aromatic carbocycles. The summed E-state index contributed by atoms with van der Waals surface area (Å²) in [6, 6.07) is -7.73. The van der Waals surface area contributed by atoms with Crippen molar-refractivity contribution >= 4 is 59.4 Å². The zero-order valence-electron chi connectivity index (χ0n) is 26.6. The molecule has 0 aromatic heterocycles. The van der Waals surface area contributed by atoms with E-state index in [0.29, 0.717) is 6.42 Å². The molecule has 23 heteroatoms. The summed E-state index contributed by atoms with van der Waals surface area (Å²) in [4.78, 5) is 105. The maximum absolute atomic E-state index is 13.4. The number of carboxylic acids is 3. The van der Waals surface area contributed by atoms with Gasteiger partial charge in [0.2, 0.25) is 29.5 Å². The molecule has 49 heavy (non-hydrogen) atoms. The van der Waals surface area contributed by atoms with Crippen LogP contribution < -0.4 is 55.7 Å². The van der Waals surface area contributed by atoms with E-state index in [0.717, 1.165) is 0 Å². The normalized spacial score (nSPS) is 13.6. The van der Waals surface area contributed by atoms with Crippen molar-refractivity contribution in [2.75, 3.05) is 13.1 Å². The van der Waals surface area contributed by atoms with Crippen molar-refractivity contribution in [2.45, 2.75) is 88.0 Å². The van der Waals surface area contributed by atoms with Crippen LogP contribution in [0.1, 0.15) is 57.8 Å². The van der Waals surface area contributed by atoms with Crippen molar-refractivity contribution in [2.24, 2.45) is 44.4 Å². The van der Waals surface area contributed by atoms with Gasteiger partial charge in [-0.3, -0.25) is 43.5 Å². The van der Waals surface area contributed by atoms with Crippen LogP contribution in [0.4, 0.5) is 0 Å². The lowest BCUT2D eigenvalue weighted by Crippen LogP contribution is -2.58. The van der Waals surface area contributed by atoms with Crippen LogP contribution in [0.5, 0.6) is 0 Å². The van der Waals surface area contributed by atoms with Crippen molar-refractivity contribution < 1.29 is 53.7 Å². The number of carboxylic acid groups (broad SMARTS) is 3. The molecule has 0 fully saturated rings. The van der Waals surface area contributed by atoms with E-state index < -0.39 is 110 Å². The van der Waals surface area contributed by atoms with Crippen molar-refractivity contribution in [3.63, 3.8) is 0 Å². The molecule has 0 saturated heterocycles. The monoisotopic (exact) mass is 702 g/mol. The highest BCUT2D eigenvalue weighted by Crippen LogP contribution is 2.07. The number of amides is 5. The van der Waals surface area contributed by atoms with Crippen LogP contribution in [0.3, 0.4) is 0 Å². The summed E-state index contributed by atoms with van der Waals surface area (Å²) in [6.07, 6.45) is -2.68. The number of aliphatic carboxylic acids is 3. The Morgan fingerprint density at radius 2 is 0.959 bits per heavy atom. The summed E-state index contributed by atoms with van der Waals surface area (Å²) in [5, 5.41) is 36.8. The van der Waals surface area contributed by atoms with Crippen LogP contribution in [0.25, 0.3) is 0 Å². The summed E-state index contributed by atoms with van der Waals surface area (Å²) in [5.41, 5.74) is 32.0. The molecule has 0 spiro atoms. The molecule has 0 aliphatic rings. The second-order valence-corrected chi connectivity index (χ2v) is 10.6. The minimum atomic E-state index is -1.86. The van der Waals surface area contributed by atoms with Gasteiger partial charge >= 0.3 is 17.9 Å². The van der Waals surface area contributed by atoms with Gasteiger partial charge in [0.1, 0.15) is 24.2 Å². The summed E-state index contributed by atoms with van der Waals surface area (Å²) < 4.78 is 0. The Hall–Kier alpha value is -5.74. The van der Waals surface area contributed by atoms with Gasteiger partial charge in [0, 0.05) is 25.9 Å². The van der Waals surface area contributed by atoms with E-state index in [1.165, 1.54) is 0 Å². The molecule has 23 nitrogen and oxygen atoms in total. The second kappa shape index (κ2) is 22.7. The lowest BCUT2D eigenvalue weighted by atomic mass is 10.0. The predicted octanol–water partition coefficient (Wildman–Crippen LogP) is -5.95. The highest BCUT2D eigenvalue weighted by atomic mass is 16.4. The molecular weight excluding hydrogens is 656 g/mol. The number of carbonyl (C=O) groups excluding carboxylic acids is 5. The number of nitrogens with one attached hydrogen (secondary N) is 4. The lowest BCUT2D eigenvalue weighted by molar-refractivity contribution is -0.144. The van der Waals surface area contributed by atoms with Gasteiger partial charge in [-0.05, 0) is 38.5 Å².